The third-order valence-corrected chi connectivity index (χ3v) is 2.41. The van der Waals surface area contributed by atoms with Gasteiger partial charge in [0.1, 0.15) is 12.4 Å². The lowest BCUT2D eigenvalue weighted by atomic mass is 10.3. The Kier molecular flexibility index (Phi) is 5.31. The molecule has 0 aliphatic carbocycles. The predicted octanol–water partition coefficient (Wildman–Crippen LogP) is 5.00. The van der Waals surface area contributed by atoms with Crippen LogP contribution in [0.4, 0.5) is 0 Å². The van der Waals surface area contributed by atoms with Gasteiger partial charge in [0.15, 0.2) is 0 Å². The standard InChI is InChI=1S/C9H6Br2Cl2O/c10-9(11)1-2-14-8-4-6(12)3-7(13)5-8/h1,3-5H,2H2. The Balaban J connectivity index is 2.63. The fraction of sp³-hybridized carbons (Fsp3) is 0.111. The number of hydrogen-bond donors (Lipinski definition) is 0. The lowest BCUT2D eigenvalue weighted by molar-refractivity contribution is 0.363. The summed E-state index contributed by atoms with van der Waals surface area (Å²) in [6, 6.07) is 5.08. The molecule has 0 saturated heterocycles. The van der Waals surface area contributed by atoms with E-state index in [1.165, 1.54) is 0 Å². The van der Waals surface area contributed by atoms with Crippen molar-refractivity contribution in [3.8, 4) is 5.75 Å². The summed E-state index contributed by atoms with van der Waals surface area (Å²) in [5.74, 6) is 0.653. The second-order valence-electron chi connectivity index (χ2n) is 2.41. The van der Waals surface area contributed by atoms with Crippen molar-refractivity contribution in [2.24, 2.45) is 0 Å². The molecule has 0 radical (unpaired) electrons. The SMILES string of the molecule is Clc1cc(Cl)cc(OCC=C(Br)Br)c1. The number of rotatable bonds is 3. The average molecular weight is 361 g/mol. The Morgan fingerprint density at radius 2 is 1.79 bits per heavy atom. The summed E-state index contributed by atoms with van der Waals surface area (Å²) in [4.78, 5) is 0. The summed E-state index contributed by atoms with van der Waals surface area (Å²) in [6.45, 7) is 0.447. The lowest BCUT2D eigenvalue weighted by Crippen LogP contribution is -1.93. The molecule has 0 atom stereocenters. The fourth-order valence-electron chi connectivity index (χ4n) is 0.813. The number of ether oxygens (including phenoxy) is 1. The van der Waals surface area contributed by atoms with E-state index >= 15 is 0 Å². The molecule has 5 heteroatoms. The van der Waals surface area contributed by atoms with E-state index in [1.807, 2.05) is 6.08 Å². The molecule has 1 nitrogen and oxygen atoms in total. The zero-order valence-corrected chi connectivity index (χ0v) is 11.6. The zero-order valence-electron chi connectivity index (χ0n) is 6.94. The number of halogens is 4. The first-order valence-corrected chi connectivity index (χ1v) is 6.02. The summed E-state index contributed by atoms with van der Waals surface area (Å²) >= 11 is 18.0. The molecule has 0 heterocycles. The molecule has 0 aromatic heterocycles. The summed E-state index contributed by atoms with van der Waals surface area (Å²) in [5.41, 5.74) is 0. The van der Waals surface area contributed by atoms with Crippen LogP contribution in [0, 0.1) is 0 Å². The maximum Gasteiger partial charge on any atom is 0.122 e. The first-order valence-electron chi connectivity index (χ1n) is 3.68. The highest BCUT2D eigenvalue weighted by molar-refractivity contribution is 9.28. The van der Waals surface area contributed by atoms with Gasteiger partial charge in [-0.15, -0.1) is 0 Å². The van der Waals surface area contributed by atoms with Gasteiger partial charge < -0.3 is 4.74 Å². The van der Waals surface area contributed by atoms with Gasteiger partial charge in [0, 0.05) is 10.0 Å². The molecule has 0 N–H and O–H groups in total. The van der Waals surface area contributed by atoms with Crippen LogP contribution in [0.25, 0.3) is 0 Å². The van der Waals surface area contributed by atoms with Crippen LogP contribution in [-0.2, 0) is 0 Å². The van der Waals surface area contributed by atoms with E-state index in [0.717, 1.165) is 3.39 Å². The maximum absolute atomic E-state index is 5.79. The molecule has 0 unspecified atom stereocenters. The van der Waals surface area contributed by atoms with Crippen molar-refractivity contribution in [3.63, 3.8) is 0 Å². The zero-order chi connectivity index (χ0) is 10.6. The van der Waals surface area contributed by atoms with Crippen LogP contribution in [-0.4, -0.2) is 6.61 Å². The molecule has 0 aliphatic heterocycles. The Bertz CT molecular complexity index is 328. The highest BCUT2D eigenvalue weighted by Crippen LogP contribution is 2.24. The van der Waals surface area contributed by atoms with Crippen LogP contribution in [0.3, 0.4) is 0 Å². The van der Waals surface area contributed by atoms with Gasteiger partial charge in [0.25, 0.3) is 0 Å². The lowest BCUT2D eigenvalue weighted by Gasteiger charge is -2.04. The second kappa shape index (κ2) is 6.01. The molecule has 0 bridgehead atoms. The topological polar surface area (TPSA) is 9.23 Å². The normalized spacial score (nSPS) is 9.71. The summed E-state index contributed by atoms with van der Waals surface area (Å²) < 4.78 is 6.22. The largest absolute Gasteiger partial charge is 0.489 e. The van der Waals surface area contributed by atoms with E-state index in [1.54, 1.807) is 18.2 Å². The molecule has 0 saturated carbocycles. The highest BCUT2D eigenvalue weighted by Gasteiger charge is 1.97. The minimum atomic E-state index is 0.447. The van der Waals surface area contributed by atoms with Crippen molar-refractivity contribution in [2.75, 3.05) is 6.61 Å². The van der Waals surface area contributed by atoms with Gasteiger partial charge in [-0.2, -0.15) is 0 Å². The van der Waals surface area contributed by atoms with E-state index in [4.69, 9.17) is 27.9 Å². The van der Waals surface area contributed by atoms with Crippen molar-refractivity contribution < 1.29 is 4.74 Å². The van der Waals surface area contributed by atoms with Gasteiger partial charge in [0.2, 0.25) is 0 Å². The van der Waals surface area contributed by atoms with Crippen LogP contribution in [0.2, 0.25) is 10.0 Å². The van der Waals surface area contributed by atoms with E-state index in [0.29, 0.717) is 22.4 Å². The molecule has 76 valence electrons. The average Bonchev–Trinajstić information content (AvgIpc) is 2.01. The van der Waals surface area contributed by atoms with Gasteiger partial charge in [-0.05, 0) is 56.1 Å². The van der Waals surface area contributed by atoms with Crippen molar-refractivity contribution in [2.45, 2.75) is 0 Å². The van der Waals surface area contributed by atoms with Crippen LogP contribution >= 0.6 is 55.1 Å². The Labute approximate surface area is 109 Å². The van der Waals surface area contributed by atoms with E-state index < -0.39 is 0 Å². The van der Waals surface area contributed by atoms with Crippen LogP contribution in [0.1, 0.15) is 0 Å². The molecule has 0 amide bonds. The molecule has 1 rings (SSSR count). The number of hydrogen-bond acceptors (Lipinski definition) is 1. The molecule has 0 spiro atoms. The highest BCUT2D eigenvalue weighted by atomic mass is 79.9. The van der Waals surface area contributed by atoms with Gasteiger partial charge in [-0.3, -0.25) is 0 Å². The second-order valence-corrected chi connectivity index (χ2v) is 6.06. The Hall–Kier alpha value is 0.300. The van der Waals surface area contributed by atoms with Crippen LogP contribution < -0.4 is 4.74 Å². The molecule has 1 aromatic rings. The third kappa shape index (κ3) is 4.69. The summed E-state index contributed by atoms with van der Waals surface area (Å²) in [7, 11) is 0. The molecular formula is C9H6Br2Cl2O. The van der Waals surface area contributed by atoms with E-state index in [-0.39, 0.29) is 0 Å². The summed E-state index contributed by atoms with van der Waals surface area (Å²) in [5, 5.41) is 1.13. The molecule has 0 fully saturated rings. The summed E-state index contributed by atoms with van der Waals surface area (Å²) in [6.07, 6.45) is 1.83. The van der Waals surface area contributed by atoms with Crippen LogP contribution in [0.5, 0.6) is 5.75 Å². The minimum Gasteiger partial charge on any atom is -0.489 e. The Morgan fingerprint density at radius 1 is 1.21 bits per heavy atom. The molecular weight excluding hydrogens is 355 g/mol. The van der Waals surface area contributed by atoms with Gasteiger partial charge in [-0.25, -0.2) is 0 Å². The van der Waals surface area contributed by atoms with Crippen LogP contribution in [0.15, 0.2) is 27.7 Å². The van der Waals surface area contributed by atoms with Gasteiger partial charge in [0.05, 0.1) is 3.39 Å². The van der Waals surface area contributed by atoms with Crippen molar-refractivity contribution in [1.29, 1.82) is 0 Å². The van der Waals surface area contributed by atoms with Gasteiger partial charge in [-0.1, -0.05) is 23.2 Å². The number of benzene rings is 1. The quantitative estimate of drug-likeness (QED) is 0.736. The monoisotopic (exact) mass is 358 g/mol. The molecule has 0 aliphatic rings. The minimum absolute atomic E-state index is 0.447. The van der Waals surface area contributed by atoms with E-state index in [9.17, 15) is 0 Å². The Morgan fingerprint density at radius 3 is 2.29 bits per heavy atom. The smallest absolute Gasteiger partial charge is 0.122 e. The van der Waals surface area contributed by atoms with Crippen molar-refractivity contribution >= 4 is 55.1 Å². The fourth-order valence-corrected chi connectivity index (χ4v) is 1.58. The molecule has 1 aromatic carbocycles. The maximum atomic E-state index is 5.79. The molecule has 14 heavy (non-hydrogen) atoms. The van der Waals surface area contributed by atoms with E-state index in [2.05, 4.69) is 31.9 Å². The third-order valence-electron chi connectivity index (χ3n) is 1.32. The first-order chi connectivity index (χ1) is 6.58. The van der Waals surface area contributed by atoms with Crippen molar-refractivity contribution in [3.05, 3.63) is 37.7 Å². The predicted molar refractivity (Wildman–Crippen MR) is 67.9 cm³/mol. The first kappa shape index (κ1) is 12.4. The van der Waals surface area contributed by atoms with Crippen molar-refractivity contribution in [1.82, 2.24) is 0 Å². The van der Waals surface area contributed by atoms with Gasteiger partial charge >= 0.3 is 0 Å².